The maximum atomic E-state index is 11.2. The molecule has 0 unspecified atom stereocenters. The number of benzene rings is 1. The average Bonchev–Trinajstić information content (AvgIpc) is 2.42. The predicted molar refractivity (Wildman–Crippen MR) is 71.1 cm³/mol. The van der Waals surface area contributed by atoms with Gasteiger partial charge in [0.25, 0.3) is 0 Å². The fourth-order valence-corrected chi connectivity index (χ4v) is 2.13. The van der Waals surface area contributed by atoms with Gasteiger partial charge >= 0.3 is 0 Å². The third-order valence-electron chi connectivity index (χ3n) is 3.41. The molecule has 1 saturated heterocycles. The van der Waals surface area contributed by atoms with Gasteiger partial charge < -0.3 is 29.9 Å². The van der Waals surface area contributed by atoms with Crippen LogP contribution in [0.2, 0.25) is 0 Å². The number of ether oxygens (including phenoxy) is 2. The molecule has 7 heteroatoms. The second-order valence-electron chi connectivity index (χ2n) is 5.03. The highest BCUT2D eigenvalue weighted by atomic mass is 16.7. The van der Waals surface area contributed by atoms with Gasteiger partial charge in [0.2, 0.25) is 6.29 Å². The molecule has 0 saturated carbocycles. The number of aliphatic hydroxyl groups is 3. The molecule has 2 rings (SSSR count). The van der Waals surface area contributed by atoms with Crippen molar-refractivity contribution in [2.75, 3.05) is 0 Å². The van der Waals surface area contributed by atoms with Crippen molar-refractivity contribution in [1.29, 1.82) is 0 Å². The lowest BCUT2D eigenvalue weighted by molar-refractivity contribution is -0.268. The number of Topliss-reactive ketones (excluding diaryl/α,β-unsaturated/α-hetero) is 1. The number of aromatic hydroxyl groups is 1. The molecule has 0 aliphatic carbocycles. The largest absolute Gasteiger partial charge is 0.507 e. The van der Waals surface area contributed by atoms with Crippen LogP contribution in [0.3, 0.4) is 0 Å². The van der Waals surface area contributed by atoms with Crippen LogP contribution in [-0.2, 0) is 4.74 Å². The summed E-state index contributed by atoms with van der Waals surface area (Å²) in [7, 11) is 0. The van der Waals surface area contributed by atoms with E-state index >= 15 is 0 Å². The molecule has 0 aromatic heterocycles. The highest BCUT2D eigenvalue weighted by molar-refractivity contribution is 5.96. The first-order valence-corrected chi connectivity index (χ1v) is 6.51. The lowest BCUT2D eigenvalue weighted by Crippen LogP contribution is -2.58. The number of carbonyl (C=O) groups excluding carboxylic acids is 1. The Morgan fingerprint density at radius 1 is 1.19 bits per heavy atom. The lowest BCUT2D eigenvalue weighted by atomic mass is 10.00. The zero-order valence-corrected chi connectivity index (χ0v) is 11.6. The van der Waals surface area contributed by atoms with Gasteiger partial charge in [0.15, 0.2) is 5.78 Å². The van der Waals surface area contributed by atoms with Gasteiger partial charge in [0.1, 0.15) is 29.8 Å². The Morgan fingerprint density at radius 2 is 1.86 bits per heavy atom. The van der Waals surface area contributed by atoms with Gasteiger partial charge in [-0.2, -0.15) is 0 Å². The standard InChI is InChI=1S/C14H18O7/c1-6(15)9-4-3-8(5-10(9)16)21-14-13(19)12(18)11(17)7(2)20-14/h3-5,7,11-14,16-19H,1-2H3/t7-,11-,12+,13-,14+/m0/s1. The summed E-state index contributed by atoms with van der Waals surface area (Å²) in [5.41, 5.74) is 0.149. The van der Waals surface area contributed by atoms with Crippen molar-refractivity contribution in [3.63, 3.8) is 0 Å². The van der Waals surface area contributed by atoms with Crippen molar-refractivity contribution in [3.05, 3.63) is 23.8 Å². The number of rotatable bonds is 3. The van der Waals surface area contributed by atoms with E-state index in [1.807, 2.05) is 0 Å². The SMILES string of the molecule is CC(=O)c1ccc(O[C@H]2O[C@@H](C)[C@H](O)[C@@H](O)[C@@H]2O)cc1O. The van der Waals surface area contributed by atoms with Crippen LogP contribution in [0.5, 0.6) is 11.5 Å². The van der Waals surface area contributed by atoms with Crippen molar-refractivity contribution >= 4 is 5.78 Å². The predicted octanol–water partition coefficient (Wildman–Crippen LogP) is -0.199. The number of phenolic OH excluding ortho intramolecular Hbond substituents is 1. The first-order valence-electron chi connectivity index (χ1n) is 6.51. The molecule has 1 aromatic carbocycles. The van der Waals surface area contributed by atoms with Crippen molar-refractivity contribution in [3.8, 4) is 11.5 Å². The molecule has 1 aromatic rings. The number of hydrogen-bond donors (Lipinski definition) is 4. The van der Waals surface area contributed by atoms with Gasteiger partial charge in [-0.3, -0.25) is 4.79 Å². The summed E-state index contributed by atoms with van der Waals surface area (Å²) in [4.78, 5) is 11.2. The number of aliphatic hydroxyl groups excluding tert-OH is 3. The van der Waals surface area contributed by atoms with Gasteiger partial charge in [-0.1, -0.05) is 0 Å². The average molecular weight is 298 g/mol. The zero-order valence-electron chi connectivity index (χ0n) is 11.6. The smallest absolute Gasteiger partial charge is 0.229 e. The Labute approximate surface area is 121 Å². The Hall–Kier alpha value is -1.67. The summed E-state index contributed by atoms with van der Waals surface area (Å²) < 4.78 is 10.6. The van der Waals surface area contributed by atoms with E-state index < -0.39 is 30.7 Å². The fraction of sp³-hybridized carbons (Fsp3) is 0.500. The molecule has 7 nitrogen and oxygen atoms in total. The molecule has 0 spiro atoms. The topological polar surface area (TPSA) is 116 Å². The molecular weight excluding hydrogens is 280 g/mol. The van der Waals surface area contributed by atoms with E-state index in [1.165, 1.54) is 32.0 Å². The summed E-state index contributed by atoms with van der Waals surface area (Å²) in [5.74, 6) is -0.378. The Morgan fingerprint density at radius 3 is 2.43 bits per heavy atom. The first kappa shape index (κ1) is 15.7. The second-order valence-corrected chi connectivity index (χ2v) is 5.03. The fourth-order valence-electron chi connectivity index (χ4n) is 2.13. The second kappa shape index (κ2) is 5.98. The number of hydrogen-bond acceptors (Lipinski definition) is 7. The molecule has 1 aliphatic rings. The molecular formula is C14H18O7. The van der Waals surface area contributed by atoms with Gasteiger partial charge in [-0.15, -0.1) is 0 Å². The summed E-state index contributed by atoms with van der Waals surface area (Å²) in [5, 5.41) is 38.8. The van der Waals surface area contributed by atoms with E-state index in [0.29, 0.717) is 0 Å². The molecule has 5 atom stereocenters. The van der Waals surface area contributed by atoms with E-state index in [2.05, 4.69) is 0 Å². The zero-order chi connectivity index (χ0) is 15.7. The van der Waals surface area contributed by atoms with Gasteiger partial charge in [-0.05, 0) is 26.0 Å². The molecule has 0 radical (unpaired) electrons. The molecule has 21 heavy (non-hydrogen) atoms. The summed E-state index contributed by atoms with van der Waals surface area (Å²) in [6.07, 6.45) is -5.97. The van der Waals surface area contributed by atoms with E-state index in [-0.39, 0.29) is 22.8 Å². The Kier molecular flexibility index (Phi) is 4.48. The molecule has 4 N–H and O–H groups in total. The third-order valence-corrected chi connectivity index (χ3v) is 3.41. The summed E-state index contributed by atoms with van der Waals surface area (Å²) in [6.45, 7) is 2.86. The minimum atomic E-state index is -1.44. The monoisotopic (exact) mass is 298 g/mol. The minimum Gasteiger partial charge on any atom is -0.507 e. The highest BCUT2D eigenvalue weighted by Gasteiger charge is 2.43. The maximum Gasteiger partial charge on any atom is 0.229 e. The van der Waals surface area contributed by atoms with Crippen molar-refractivity contribution in [1.82, 2.24) is 0 Å². The van der Waals surface area contributed by atoms with E-state index in [0.717, 1.165) is 0 Å². The quantitative estimate of drug-likeness (QED) is 0.571. The van der Waals surface area contributed by atoms with Crippen molar-refractivity contribution < 1.29 is 34.7 Å². The Balaban J connectivity index is 2.14. The molecule has 1 fully saturated rings. The van der Waals surface area contributed by atoms with Crippen LogP contribution in [0.15, 0.2) is 18.2 Å². The van der Waals surface area contributed by atoms with Gasteiger partial charge in [0.05, 0.1) is 11.7 Å². The van der Waals surface area contributed by atoms with Crippen LogP contribution in [0, 0.1) is 0 Å². The number of ketones is 1. The van der Waals surface area contributed by atoms with Gasteiger partial charge in [-0.25, -0.2) is 0 Å². The van der Waals surface area contributed by atoms with E-state index in [9.17, 15) is 25.2 Å². The van der Waals surface area contributed by atoms with Crippen LogP contribution in [0.4, 0.5) is 0 Å². The summed E-state index contributed by atoms with van der Waals surface area (Å²) >= 11 is 0. The molecule has 1 aliphatic heterocycles. The lowest BCUT2D eigenvalue weighted by Gasteiger charge is -2.38. The molecule has 116 valence electrons. The maximum absolute atomic E-state index is 11.2. The highest BCUT2D eigenvalue weighted by Crippen LogP contribution is 2.28. The Bertz CT molecular complexity index is 530. The molecule has 0 amide bonds. The molecule has 0 bridgehead atoms. The van der Waals surface area contributed by atoms with Crippen LogP contribution in [0.1, 0.15) is 24.2 Å². The third kappa shape index (κ3) is 3.16. The van der Waals surface area contributed by atoms with Crippen LogP contribution in [0.25, 0.3) is 0 Å². The normalized spacial score (nSPS) is 32.7. The van der Waals surface area contributed by atoms with Gasteiger partial charge in [0, 0.05) is 6.07 Å². The van der Waals surface area contributed by atoms with E-state index in [1.54, 1.807) is 0 Å². The van der Waals surface area contributed by atoms with Crippen LogP contribution in [-0.4, -0.2) is 56.9 Å². The van der Waals surface area contributed by atoms with Crippen LogP contribution < -0.4 is 4.74 Å². The van der Waals surface area contributed by atoms with Crippen LogP contribution >= 0.6 is 0 Å². The minimum absolute atomic E-state index is 0.149. The number of carbonyl (C=O) groups is 1. The first-order chi connectivity index (χ1) is 9.81. The van der Waals surface area contributed by atoms with Crippen molar-refractivity contribution in [2.24, 2.45) is 0 Å². The number of phenols is 1. The van der Waals surface area contributed by atoms with E-state index in [4.69, 9.17) is 9.47 Å². The summed E-state index contributed by atoms with van der Waals surface area (Å²) in [6, 6.07) is 4.04. The van der Waals surface area contributed by atoms with Crippen molar-refractivity contribution in [2.45, 2.75) is 44.6 Å². The molecule has 1 heterocycles.